The first-order valence-corrected chi connectivity index (χ1v) is 7.61. The molecular weight excluding hydrogens is 272 g/mol. The van der Waals surface area contributed by atoms with Gasteiger partial charge in [0.05, 0.1) is 6.04 Å². The fourth-order valence-corrected chi connectivity index (χ4v) is 2.76. The highest BCUT2D eigenvalue weighted by atomic mass is 16.2. The van der Waals surface area contributed by atoms with Crippen LogP contribution in [0, 0.1) is 20.8 Å². The topological polar surface area (TPSA) is 55.1 Å². The lowest BCUT2D eigenvalue weighted by atomic mass is 9.99. The van der Waals surface area contributed by atoms with E-state index in [2.05, 4.69) is 38.2 Å². The molecule has 0 radical (unpaired) electrons. The normalized spacial score (nSPS) is 12.0. The summed E-state index contributed by atoms with van der Waals surface area (Å²) in [5.74, 6) is -0.108. The third kappa shape index (κ3) is 4.18. The van der Waals surface area contributed by atoms with Crippen molar-refractivity contribution in [3.05, 3.63) is 70.3 Å². The van der Waals surface area contributed by atoms with E-state index in [0.29, 0.717) is 13.0 Å². The molecule has 116 valence electrons. The second kappa shape index (κ2) is 7.23. The fourth-order valence-electron chi connectivity index (χ4n) is 2.76. The minimum atomic E-state index is -0.520. The lowest BCUT2D eigenvalue weighted by Crippen LogP contribution is -2.41. The van der Waals surface area contributed by atoms with Crippen molar-refractivity contribution in [1.82, 2.24) is 5.32 Å². The summed E-state index contributed by atoms with van der Waals surface area (Å²) in [7, 11) is 0. The van der Waals surface area contributed by atoms with Crippen LogP contribution in [-0.4, -0.2) is 11.9 Å². The van der Waals surface area contributed by atoms with Crippen LogP contribution in [0.3, 0.4) is 0 Å². The van der Waals surface area contributed by atoms with Gasteiger partial charge in [-0.2, -0.15) is 0 Å². The van der Waals surface area contributed by atoms with E-state index < -0.39 is 6.04 Å². The van der Waals surface area contributed by atoms with Crippen LogP contribution in [0.4, 0.5) is 0 Å². The summed E-state index contributed by atoms with van der Waals surface area (Å²) in [5.41, 5.74) is 11.9. The first-order chi connectivity index (χ1) is 10.5. The Hall–Kier alpha value is -2.13. The molecule has 0 fully saturated rings. The Bertz CT molecular complexity index is 627. The van der Waals surface area contributed by atoms with Crippen molar-refractivity contribution in [3.63, 3.8) is 0 Å². The molecule has 3 heteroatoms. The molecule has 3 nitrogen and oxygen atoms in total. The highest BCUT2D eigenvalue weighted by molar-refractivity contribution is 5.81. The van der Waals surface area contributed by atoms with E-state index in [4.69, 9.17) is 5.73 Å². The van der Waals surface area contributed by atoms with Gasteiger partial charge in [0, 0.05) is 6.54 Å². The Balaban J connectivity index is 1.95. The number of carbonyl (C=O) groups is 1. The van der Waals surface area contributed by atoms with Crippen LogP contribution >= 0.6 is 0 Å². The van der Waals surface area contributed by atoms with Gasteiger partial charge in [-0.05, 0) is 49.4 Å². The largest absolute Gasteiger partial charge is 0.351 e. The average molecular weight is 296 g/mol. The predicted molar refractivity (Wildman–Crippen MR) is 90.6 cm³/mol. The molecular formula is C19H24N2O. The standard InChI is InChI=1S/C19H24N2O/c1-13-9-14(2)17(15(3)10-13)12-21-19(22)18(20)11-16-7-5-4-6-8-16/h4-10,18H,11-12,20H2,1-3H3,(H,21,22)/t18-/m0/s1. The maximum Gasteiger partial charge on any atom is 0.237 e. The molecule has 2 rings (SSSR count). The Morgan fingerprint density at radius 1 is 1.09 bits per heavy atom. The lowest BCUT2D eigenvalue weighted by Gasteiger charge is -2.15. The van der Waals surface area contributed by atoms with Crippen LogP contribution < -0.4 is 11.1 Å². The van der Waals surface area contributed by atoms with Crippen LogP contribution in [0.15, 0.2) is 42.5 Å². The van der Waals surface area contributed by atoms with Gasteiger partial charge in [-0.1, -0.05) is 48.0 Å². The summed E-state index contributed by atoms with van der Waals surface area (Å²) in [5, 5.41) is 2.96. The number of carbonyl (C=O) groups excluding carboxylic acids is 1. The molecule has 0 bridgehead atoms. The van der Waals surface area contributed by atoms with Crippen LogP contribution in [0.1, 0.15) is 27.8 Å². The van der Waals surface area contributed by atoms with Crippen molar-refractivity contribution in [2.24, 2.45) is 5.73 Å². The predicted octanol–water partition coefficient (Wildman–Crippen LogP) is 2.80. The zero-order chi connectivity index (χ0) is 16.1. The zero-order valence-electron chi connectivity index (χ0n) is 13.5. The molecule has 0 saturated carbocycles. The molecule has 1 amide bonds. The quantitative estimate of drug-likeness (QED) is 0.891. The average Bonchev–Trinajstić information content (AvgIpc) is 2.46. The SMILES string of the molecule is Cc1cc(C)c(CNC(=O)[C@@H](N)Cc2ccccc2)c(C)c1. The lowest BCUT2D eigenvalue weighted by molar-refractivity contribution is -0.122. The van der Waals surface area contributed by atoms with E-state index >= 15 is 0 Å². The third-order valence-corrected chi connectivity index (χ3v) is 3.91. The highest BCUT2D eigenvalue weighted by Crippen LogP contribution is 2.16. The van der Waals surface area contributed by atoms with Crippen molar-refractivity contribution in [3.8, 4) is 0 Å². The van der Waals surface area contributed by atoms with E-state index in [9.17, 15) is 4.79 Å². The molecule has 2 aromatic rings. The second-order valence-corrected chi connectivity index (χ2v) is 5.89. The Labute approximate surface area is 132 Å². The number of nitrogens with one attached hydrogen (secondary N) is 1. The Kier molecular flexibility index (Phi) is 5.34. The van der Waals surface area contributed by atoms with Gasteiger partial charge in [0.25, 0.3) is 0 Å². The molecule has 22 heavy (non-hydrogen) atoms. The molecule has 0 spiro atoms. The van der Waals surface area contributed by atoms with Gasteiger partial charge < -0.3 is 11.1 Å². The summed E-state index contributed by atoms with van der Waals surface area (Å²) in [6.45, 7) is 6.76. The van der Waals surface area contributed by atoms with Gasteiger partial charge in [0.15, 0.2) is 0 Å². The molecule has 3 N–H and O–H groups in total. The van der Waals surface area contributed by atoms with E-state index in [1.54, 1.807) is 0 Å². The van der Waals surface area contributed by atoms with E-state index in [1.165, 1.54) is 22.3 Å². The Morgan fingerprint density at radius 2 is 1.68 bits per heavy atom. The van der Waals surface area contributed by atoms with Crippen LogP contribution in [0.25, 0.3) is 0 Å². The molecule has 0 aliphatic carbocycles. The number of hydrogen-bond donors (Lipinski definition) is 2. The van der Waals surface area contributed by atoms with Gasteiger partial charge in [-0.25, -0.2) is 0 Å². The van der Waals surface area contributed by atoms with E-state index in [-0.39, 0.29) is 5.91 Å². The molecule has 1 atom stereocenters. The van der Waals surface area contributed by atoms with Crippen molar-refractivity contribution in [2.75, 3.05) is 0 Å². The van der Waals surface area contributed by atoms with Gasteiger partial charge >= 0.3 is 0 Å². The highest BCUT2D eigenvalue weighted by Gasteiger charge is 2.14. The third-order valence-electron chi connectivity index (χ3n) is 3.91. The number of benzene rings is 2. The molecule has 0 unspecified atom stereocenters. The summed E-state index contributed by atoms with van der Waals surface area (Å²) in [6.07, 6.45) is 0.554. The summed E-state index contributed by atoms with van der Waals surface area (Å²) in [4.78, 5) is 12.2. The maximum absolute atomic E-state index is 12.2. The Morgan fingerprint density at radius 3 is 2.27 bits per heavy atom. The molecule has 0 aromatic heterocycles. The van der Waals surface area contributed by atoms with Crippen molar-refractivity contribution in [2.45, 2.75) is 39.8 Å². The second-order valence-electron chi connectivity index (χ2n) is 5.89. The first-order valence-electron chi connectivity index (χ1n) is 7.61. The number of aryl methyl sites for hydroxylation is 3. The fraction of sp³-hybridized carbons (Fsp3) is 0.316. The minimum Gasteiger partial charge on any atom is -0.351 e. The van der Waals surface area contributed by atoms with Gasteiger partial charge in [-0.15, -0.1) is 0 Å². The van der Waals surface area contributed by atoms with Crippen molar-refractivity contribution >= 4 is 5.91 Å². The first kappa shape index (κ1) is 16.2. The van der Waals surface area contributed by atoms with Crippen molar-refractivity contribution < 1.29 is 4.79 Å². The summed E-state index contributed by atoms with van der Waals surface area (Å²) < 4.78 is 0. The number of nitrogens with two attached hydrogens (primary N) is 1. The number of amides is 1. The van der Waals surface area contributed by atoms with Gasteiger partial charge in [0.2, 0.25) is 5.91 Å². The molecule has 0 aliphatic rings. The summed E-state index contributed by atoms with van der Waals surface area (Å²) in [6, 6.07) is 13.6. The van der Waals surface area contributed by atoms with Crippen LogP contribution in [0.5, 0.6) is 0 Å². The zero-order valence-corrected chi connectivity index (χ0v) is 13.5. The van der Waals surface area contributed by atoms with Crippen LogP contribution in [-0.2, 0) is 17.8 Å². The number of rotatable bonds is 5. The smallest absolute Gasteiger partial charge is 0.237 e. The minimum absolute atomic E-state index is 0.108. The van der Waals surface area contributed by atoms with Crippen molar-refractivity contribution in [1.29, 1.82) is 0 Å². The monoisotopic (exact) mass is 296 g/mol. The van der Waals surface area contributed by atoms with Crippen LogP contribution in [0.2, 0.25) is 0 Å². The van der Waals surface area contributed by atoms with E-state index in [1.807, 2.05) is 30.3 Å². The molecule has 0 heterocycles. The summed E-state index contributed by atoms with van der Waals surface area (Å²) >= 11 is 0. The van der Waals surface area contributed by atoms with Gasteiger partial charge in [-0.3, -0.25) is 4.79 Å². The van der Waals surface area contributed by atoms with E-state index in [0.717, 1.165) is 5.56 Å². The molecule has 0 aliphatic heterocycles. The number of hydrogen-bond acceptors (Lipinski definition) is 2. The molecule has 2 aromatic carbocycles. The van der Waals surface area contributed by atoms with Gasteiger partial charge in [0.1, 0.15) is 0 Å². The molecule has 0 saturated heterocycles. The maximum atomic E-state index is 12.2.